The van der Waals surface area contributed by atoms with E-state index in [0.29, 0.717) is 33.7 Å². The number of rotatable bonds is 4. The van der Waals surface area contributed by atoms with Crippen molar-refractivity contribution in [2.45, 2.75) is 13.8 Å². The second-order valence-electron chi connectivity index (χ2n) is 5.97. The lowest BCUT2D eigenvalue weighted by molar-refractivity contribution is 0.0941. The van der Waals surface area contributed by atoms with Gasteiger partial charge in [0.25, 0.3) is 5.91 Å². The van der Waals surface area contributed by atoms with Gasteiger partial charge in [0, 0.05) is 18.5 Å². The van der Waals surface area contributed by atoms with E-state index in [1.807, 2.05) is 19.1 Å². The van der Waals surface area contributed by atoms with Gasteiger partial charge in [-0.25, -0.2) is 0 Å². The number of anilines is 1. The number of hydrogen-bond donors (Lipinski definition) is 1. The number of methoxy groups -OCH3 is 2. The van der Waals surface area contributed by atoms with E-state index in [2.05, 4.69) is 5.32 Å². The van der Waals surface area contributed by atoms with Crippen LogP contribution in [0.3, 0.4) is 0 Å². The first-order valence-electron chi connectivity index (χ1n) is 8.10. The molecule has 1 heterocycles. The third-order valence-electron chi connectivity index (χ3n) is 4.20. The molecule has 1 N–H and O–H groups in total. The Hall–Kier alpha value is -3.28. The molecule has 0 aliphatic rings. The molecule has 134 valence electrons. The van der Waals surface area contributed by atoms with Crippen LogP contribution >= 0.6 is 0 Å². The minimum atomic E-state index is -0.327. The SMILES string of the molecule is COc1ccc2c(c1)c(C(=O)Nc1cc(C)ccc1OC)cn2C(C)=O. The first kappa shape index (κ1) is 17.5. The molecule has 2 aromatic carbocycles. The molecule has 0 aliphatic carbocycles. The van der Waals surface area contributed by atoms with Gasteiger partial charge in [-0.3, -0.25) is 14.2 Å². The smallest absolute Gasteiger partial charge is 0.257 e. The van der Waals surface area contributed by atoms with Crippen LogP contribution in [0.25, 0.3) is 10.9 Å². The summed E-state index contributed by atoms with van der Waals surface area (Å²) in [6.45, 7) is 3.39. The molecule has 0 radical (unpaired) electrons. The van der Waals surface area contributed by atoms with Crippen molar-refractivity contribution in [3.8, 4) is 11.5 Å². The summed E-state index contributed by atoms with van der Waals surface area (Å²) in [4.78, 5) is 24.8. The Morgan fingerprint density at radius 2 is 1.81 bits per heavy atom. The summed E-state index contributed by atoms with van der Waals surface area (Å²) in [6.07, 6.45) is 1.55. The summed E-state index contributed by atoms with van der Waals surface area (Å²) in [5.74, 6) is 0.678. The molecular weight excluding hydrogens is 332 g/mol. The Balaban J connectivity index is 2.08. The number of aryl methyl sites for hydroxylation is 1. The summed E-state index contributed by atoms with van der Waals surface area (Å²) >= 11 is 0. The van der Waals surface area contributed by atoms with Gasteiger partial charge in [0.1, 0.15) is 11.5 Å². The molecule has 0 unspecified atom stereocenters. The van der Waals surface area contributed by atoms with E-state index in [4.69, 9.17) is 9.47 Å². The van der Waals surface area contributed by atoms with Crippen molar-refractivity contribution in [1.82, 2.24) is 4.57 Å². The molecule has 6 nitrogen and oxygen atoms in total. The zero-order valence-electron chi connectivity index (χ0n) is 15.1. The first-order valence-corrected chi connectivity index (χ1v) is 8.10. The second-order valence-corrected chi connectivity index (χ2v) is 5.97. The van der Waals surface area contributed by atoms with Gasteiger partial charge >= 0.3 is 0 Å². The standard InChI is InChI=1S/C20H20N2O4/c1-12-5-8-19(26-4)17(9-12)21-20(24)16-11-22(13(2)23)18-7-6-14(25-3)10-15(16)18/h5-11H,1-4H3,(H,21,24). The highest BCUT2D eigenvalue weighted by Crippen LogP contribution is 2.29. The van der Waals surface area contributed by atoms with Crippen LogP contribution in [0.1, 0.15) is 27.6 Å². The van der Waals surface area contributed by atoms with Crippen molar-refractivity contribution in [3.05, 3.63) is 53.7 Å². The monoisotopic (exact) mass is 352 g/mol. The molecule has 0 fully saturated rings. The van der Waals surface area contributed by atoms with Crippen molar-refractivity contribution < 1.29 is 19.1 Å². The molecule has 1 aromatic heterocycles. The molecule has 6 heteroatoms. The van der Waals surface area contributed by atoms with Crippen LogP contribution in [-0.4, -0.2) is 30.6 Å². The first-order chi connectivity index (χ1) is 12.4. The average Bonchev–Trinajstić information content (AvgIpc) is 3.01. The number of benzene rings is 2. The van der Waals surface area contributed by atoms with E-state index in [9.17, 15) is 9.59 Å². The van der Waals surface area contributed by atoms with Gasteiger partial charge in [0.05, 0.1) is 31.0 Å². The largest absolute Gasteiger partial charge is 0.497 e. The molecule has 3 rings (SSSR count). The van der Waals surface area contributed by atoms with Crippen molar-refractivity contribution >= 4 is 28.4 Å². The predicted octanol–water partition coefficient (Wildman–Crippen LogP) is 3.88. The highest BCUT2D eigenvalue weighted by atomic mass is 16.5. The zero-order chi connectivity index (χ0) is 18.8. The summed E-state index contributed by atoms with van der Waals surface area (Å²) in [5, 5.41) is 3.51. The van der Waals surface area contributed by atoms with Crippen LogP contribution in [0.5, 0.6) is 11.5 Å². The van der Waals surface area contributed by atoms with Crippen molar-refractivity contribution in [3.63, 3.8) is 0 Å². The normalized spacial score (nSPS) is 10.6. The van der Waals surface area contributed by atoms with E-state index in [1.165, 1.54) is 11.5 Å². The fraction of sp³-hybridized carbons (Fsp3) is 0.200. The minimum Gasteiger partial charge on any atom is -0.497 e. The highest BCUT2D eigenvalue weighted by Gasteiger charge is 2.19. The Labute approximate surface area is 151 Å². The topological polar surface area (TPSA) is 69.6 Å². The van der Waals surface area contributed by atoms with Crippen LogP contribution < -0.4 is 14.8 Å². The third-order valence-corrected chi connectivity index (χ3v) is 4.20. The van der Waals surface area contributed by atoms with Crippen LogP contribution in [0.15, 0.2) is 42.6 Å². The van der Waals surface area contributed by atoms with Gasteiger partial charge in [-0.1, -0.05) is 6.07 Å². The quantitative estimate of drug-likeness (QED) is 0.774. The van der Waals surface area contributed by atoms with E-state index in [0.717, 1.165) is 5.56 Å². The van der Waals surface area contributed by atoms with Crippen LogP contribution in [-0.2, 0) is 0 Å². The van der Waals surface area contributed by atoms with Crippen LogP contribution in [0.4, 0.5) is 5.69 Å². The number of aromatic nitrogens is 1. The summed E-state index contributed by atoms with van der Waals surface area (Å²) in [6, 6.07) is 10.8. The Bertz CT molecular complexity index is 1000. The lowest BCUT2D eigenvalue weighted by atomic mass is 10.1. The highest BCUT2D eigenvalue weighted by molar-refractivity contribution is 6.15. The molecule has 0 atom stereocenters. The number of amides is 1. The molecule has 0 aliphatic heterocycles. The van der Waals surface area contributed by atoms with E-state index in [-0.39, 0.29) is 11.8 Å². The summed E-state index contributed by atoms with van der Waals surface area (Å²) in [7, 11) is 3.10. The van der Waals surface area contributed by atoms with E-state index < -0.39 is 0 Å². The number of nitrogens with zero attached hydrogens (tertiary/aromatic N) is 1. The molecule has 0 bridgehead atoms. The molecule has 0 saturated carbocycles. The van der Waals surface area contributed by atoms with Crippen LogP contribution in [0, 0.1) is 6.92 Å². The molecule has 1 amide bonds. The van der Waals surface area contributed by atoms with Gasteiger partial charge in [-0.15, -0.1) is 0 Å². The minimum absolute atomic E-state index is 0.174. The molecule has 26 heavy (non-hydrogen) atoms. The molecule has 0 spiro atoms. The van der Waals surface area contributed by atoms with Crippen LogP contribution in [0.2, 0.25) is 0 Å². The van der Waals surface area contributed by atoms with Crippen molar-refractivity contribution in [2.75, 3.05) is 19.5 Å². The van der Waals surface area contributed by atoms with Gasteiger partial charge in [-0.05, 0) is 42.8 Å². The molecule has 3 aromatic rings. The maximum atomic E-state index is 12.9. The number of ether oxygens (including phenoxy) is 2. The summed E-state index contributed by atoms with van der Waals surface area (Å²) < 4.78 is 12.0. The van der Waals surface area contributed by atoms with E-state index in [1.54, 1.807) is 44.7 Å². The van der Waals surface area contributed by atoms with Gasteiger partial charge in [0.15, 0.2) is 0 Å². The Kier molecular flexibility index (Phi) is 4.67. The van der Waals surface area contributed by atoms with Gasteiger partial charge < -0.3 is 14.8 Å². The Morgan fingerprint density at radius 3 is 2.46 bits per heavy atom. The second kappa shape index (κ2) is 6.92. The van der Waals surface area contributed by atoms with E-state index >= 15 is 0 Å². The fourth-order valence-electron chi connectivity index (χ4n) is 2.89. The van der Waals surface area contributed by atoms with Crippen molar-refractivity contribution in [2.24, 2.45) is 0 Å². The molecule has 0 saturated heterocycles. The number of carbonyl (C=O) groups excluding carboxylic acids is 2. The van der Waals surface area contributed by atoms with Gasteiger partial charge in [-0.2, -0.15) is 0 Å². The number of fused-ring (bicyclic) bond motifs is 1. The maximum Gasteiger partial charge on any atom is 0.257 e. The molecular formula is C20H20N2O4. The zero-order valence-corrected chi connectivity index (χ0v) is 15.1. The average molecular weight is 352 g/mol. The lowest BCUT2D eigenvalue weighted by Crippen LogP contribution is -2.13. The number of hydrogen-bond acceptors (Lipinski definition) is 4. The fourth-order valence-corrected chi connectivity index (χ4v) is 2.89. The Morgan fingerprint density at radius 1 is 1.04 bits per heavy atom. The predicted molar refractivity (Wildman–Crippen MR) is 100 cm³/mol. The van der Waals surface area contributed by atoms with Crippen molar-refractivity contribution in [1.29, 1.82) is 0 Å². The third kappa shape index (κ3) is 3.13. The van der Waals surface area contributed by atoms with Gasteiger partial charge in [0.2, 0.25) is 5.91 Å². The lowest BCUT2D eigenvalue weighted by Gasteiger charge is -2.10. The number of carbonyl (C=O) groups is 2. The summed E-state index contributed by atoms with van der Waals surface area (Å²) in [5.41, 5.74) is 2.61. The number of nitrogens with one attached hydrogen (secondary N) is 1. The maximum absolute atomic E-state index is 12.9.